The predicted octanol–water partition coefficient (Wildman–Crippen LogP) is 1.56. The van der Waals surface area contributed by atoms with E-state index in [4.69, 9.17) is 5.73 Å². The molecule has 4 nitrogen and oxygen atoms in total. The predicted molar refractivity (Wildman–Crippen MR) is 75.6 cm³/mol. The third kappa shape index (κ3) is 3.48. The van der Waals surface area contributed by atoms with E-state index in [0.29, 0.717) is 19.5 Å². The Morgan fingerprint density at radius 2 is 1.68 bits per heavy atom. The summed E-state index contributed by atoms with van der Waals surface area (Å²) in [5, 5.41) is 12.7. The molecule has 0 aliphatic heterocycles. The minimum Gasteiger partial charge on any atom is -0.396 e. The first-order valence-electron chi connectivity index (χ1n) is 7.71. The Kier molecular flexibility index (Phi) is 4.85. The number of rotatable bonds is 6. The lowest BCUT2D eigenvalue weighted by atomic mass is 9.66. The Morgan fingerprint density at radius 1 is 1.05 bits per heavy atom. The Morgan fingerprint density at radius 3 is 2.16 bits per heavy atom. The van der Waals surface area contributed by atoms with Crippen molar-refractivity contribution in [3.8, 4) is 0 Å². The highest BCUT2D eigenvalue weighted by atomic mass is 16.3. The molecule has 4 N–H and O–H groups in total. The first kappa shape index (κ1) is 14.8. The van der Waals surface area contributed by atoms with Gasteiger partial charge in [0.2, 0.25) is 5.91 Å². The Balaban J connectivity index is 1.78. The van der Waals surface area contributed by atoms with Gasteiger partial charge in [0.05, 0.1) is 6.61 Å². The van der Waals surface area contributed by atoms with Gasteiger partial charge in [0, 0.05) is 18.4 Å². The summed E-state index contributed by atoms with van der Waals surface area (Å²) < 4.78 is 0. The number of nitrogens with one attached hydrogen (secondary N) is 1. The maximum Gasteiger partial charge on any atom is 0.220 e. The van der Waals surface area contributed by atoms with Gasteiger partial charge in [-0.05, 0) is 37.6 Å². The van der Waals surface area contributed by atoms with E-state index in [1.165, 1.54) is 25.7 Å². The monoisotopic (exact) mass is 268 g/mol. The van der Waals surface area contributed by atoms with Crippen molar-refractivity contribution in [3.05, 3.63) is 0 Å². The fourth-order valence-electron chi connectivity index (χ4n) is 3.51. The normalized spacial score (nSPS) is 24.5. The summed E-state index contributed by atoms with van der Waals surface area (Å²) in [4.78, 5) is 12.1. The van der Waals surface area contributed by atoms with Crippen molar-refractivity contribution in [2.24, 2.45) is 16.6 Å². The van der Waals surface area contributed by atoms with Gasteiger partial charge in [-0.2, -0.15) is 0 Å². The summed E-state index contributed by atoms with van der Waals surface area (Å²) in [7, 11) is 0. The van der Waals surface area contributed by atoms with Gasteiger partial charge in [-0.1, -0.05) is 25.7 Å². The SMILES string of the molecule is NCC1(CC(=O)NCC2(CO)CCCCC2)CCC1. The van der Waals surface area contributed by atoms with Crippen LogP contribution >= 0.6 is 0 Å². The van der Waals surface area contributed by atoms with Crippen LogP contribution in [0.2, 0.25) is 0 Å². The number of amides is 1. The van der Waals surface area contributed by atoms with Gasteiger partial charge in [0.1, 0.15) is 0 Å². The molecule has 1 amide bonds. The lowest BCUT2D eigenvalue weighted by molar-refractivity contribution is -0.125. The lowest BCUT2D eigenvalue weighted by Crippen LogP contribution is -2.45. The minimum atomic E-state index is -0.0661. The van der Waals surface area contributed by atoms with E-state index >= 15 is 0 Å². The molecule has 0 aromatic carbocycles. The van der Waals surface area contributed by atoms with Crippen LogP contribution in [0, 0.1) is 10.8 Å². The summed E-state index contributed by atoms with van der Waals surface area (Å²) in [5.41, 5.74) is 5.79. The number of carbonyl (C=O) groups excluding carboxylic acids is 1. The zero-order valence-corrected chi connectivity index (χ0v) is 11.9. The van der Waals surface area contributed by atoms with Crippen LogP contribution in [-0.4, -0.2) is 30.7 Å². The Bertz CT molecular complexity index is 302. The first-order chi connectivity index (χ1) is 9.14. The molecule has 0 heterocycles. The van der Waals surface area contributed by atoms with E-state index in [9.17, 15) is 9.90 Å². The standard InChI is InChI=1S/C15H28N2O2/c16-10-14(7-4-8-14)9-13(19)17-11-15(12-18)5-2-1-3-6-15/h18H,1-12,16H2,(H,17,19). The Labute approximate surface area is 116 Å². The van der Waals surface area contributed by atoms with Crippen LogP contribution in [0.4, 0.5) is 0 Å². The quantitative estimate of drug-likeness (QED) is 0.684. The van der Waals surface area contributed by atoms with Crippen molar-refractivity contribution in [2.75, 3.05) is 19.7 Å². The van der Waals surface area contributed by atoms with Gasteiger partial charge >= 0.3 is 0 Å². The van der Waals surface area contributed by atoms with Gasteiger partial charge in [-0.25, -0.2) is 0 Å². The van der Waals surface area contributed by atoms with Crippen LogP contribution in [0.3, 0.4) is 0 Å². The maximum absolute atomic E-state index is 12.1. The molecule has 2 saturated carbocycles. The van der Waals surface area contributed by atoms with Gasteiger partial charge in [-0.15, -0.1) is 0 Å². The maximum atomic E-state index is 12.1. The molecule has 2 aliphatic rings. The molecule has 0 saturated heterocycles. The third-order valence-electron chi connectivity index (χ3n) is 5.29. The summed E-state index contributed by atoms with van der Waals surface area (Å²) in [5.74, 6) is 0.114. The highest BCUT2D eigenvalue weighted by molar-refractivity contribution is 5.76. The molecule has 2 aliphatic carbocycles. The van der Waals surface area contributed by atoms with E-state index in [1.54, 1.807) is 0 Å². The number of nitrogens with two attached hydrogens (primary N) is 1. The summed E-state index contributed by atoms with van der Waals surface area (Å²) in [6.45, 7) is 1.43. The molecule has 2 rings (SSSR count). The molecular formula is C15H28N2O2. The largest absolute Gasteiger partial charge is 0.396 e. The van der Waals surface area contributed by atoms with Crippen LogP contribution in [0.25, 0.3) is 0 Å². The molecule has 4 heteroatoms. The third-order valence-corrected chi connectivity index (χ3v) is 5.29. The molecule has 110 valence electrons. The second kappa shape index (κ2) is 6.23. The molecular weight excluding hydrogens is 240 g/mol. The van der Waals surface area contributed by atoms with Crippen molar-refractivity contribution >= 4 is 5.91 Å². The molecule has 0 atom stereocenters. The average Bonchev–Trinajstić information content (AvgIpc) is 2.42. The highest BCUT2D eigenvalue weighted by Gasteiger charge is 2.38. The molecule has 0 bridgehead atoms. The fourth-order valence-corrected chi connectivity index (χ4v) is 3.51. The van der Waals surface area contributed by atoms with E-state index < -0.39 is 0 Å². The van der Waals surface area contributed by atoms with Crippen LogP contribution in [0.15, 0.2) is 0 Å². The van der Waals surface area contributed by atoms with E-state index in [-0.39, 0.29) is 23.3 Å². The number of hydrogen-bond donors (Lipinski definition) is 3. The Hall–Kier alpha value is -0.610. The van der Waals surface area contributed by atoms with Gasteiger partial charge in [-0.3, -0.25) is 4.79 Å². The second-order valence-electron chi connectivity index (χ2n) is 6.73. The van der Waals surface area contributed by atoms with E-state index in [2.05, 4.69) is 5.32 Å². The van der Waals surface area contributed by atoms with Crippen molar-refractivity contribution < 1.29 is 9.90 Å². The van der Waals surface area contributed by atoms with Crippen molar-refractivity contribution in [1.82, 2.24) is 5.32 Å². The number of carbonyl (C=O) groups is 1. The minimum absolute atomic E-state index is 0.0661. The average molecular weight is 268 g/mol. The van der Waals surface area contributed by atoms with Gasteiger partial charge in [0.25, 0.3) is 0 Å². The molecule has 0 unspecified atom stereocenters. The van der Waals surface area contributed by atoms with Crippen molar-refractivity contribution in [3.63, 3.8) is 0 Å². The number of aliphatic hydroxyl groups excluding tert-OH is 1. The summed E-state index contributed by atoms with van der Waals surface area (Å²) >= 11 is 0. The second-order valence-corrected chi connectivity index (χ2v) is 6.73. The van der Waals surface area contributed by atoms with Crippen LogP contribution < -0.4 is 11.1 Å². The molecule has 0 spiro atoms. The highest BCUT2D eigenvalue weighted by Crippen LogP contribution is 2.43. The molecule has 0 aromatic rings. The summed E-state index contributed by atoms with van der Waals surface area (Å²) in [6.07, 6.45) is 9.59. The fraction of sp³-hybridized carbons (Fsp3) is 0.933. The van der Waals surface area contributed by atoms with Gasteiger partial charge < -0.3 is 16.2 Å². The first-order valence-corrected chi connectivity index (χ1v) is 7.71. The van der Waals surface area contributed by atoms with E-state index in [0.717, 1.165) is 25.7 Å². The van der Waals surface area contributed by atoms with Crippen molar-refractivity contribution in [2.45, 2.75) is 57.8 Å². The van der Waals surface area contributed by atoms with E-state index in [1.807, 2.05) is 0 Å². The van der Waals surface area contributed by atoms with Crippen LogP contribution in [0.1, 0.15) is 57.8 Å². The summed E-state index contributed by atoms with van der Waals surface area (Å²) in [6, 6.07) is 0. The van der Waals surface area contributed by atoms with Gasteiger partial charge in [0.15, 0.2) is 0 Å². The lowest BCUT2D eigenvalue weighted by Gasteiger charge is -2.41. The molecule has 2 fully saturated rings. The topological polar surface area (TPSA) is 75.4 Å². The molecule has 0 aromatic heterocycles. The van der Waals surface area contributed by atoms with Crippen LogP contribution in [0.5, 0.6) is 0 Å². The smallest absolute Gasteiger partial charge is 0.220 e. The number of hydrogen-bond acceptors (Lipinski definition) is 3. The van der Waals surface area contributed by atoms with Crippen molar-refractivity contribution in [1.29, 1.82) is 0 Å². The molecule has 0 radical (unpaired) electrons. The molecule has 19 heavy (non-hydrogen) atoms. The number of aliphatic hydroxyl groups is 1. The zero-order chi connectivity index (χ0) is 13.8. The van der Waals surface area contributed by atoms with Crippen LogP contribution in [-0.2, 0) is 4.79 Å². The zero-order valence-electron chi connectivity index (χ0n) is 11.9.